The summed E-state index contributed by atoms with van der Waals surface area (Å²) in [6.07, 6.45) is 0. The van der Waals surface area contributed by atoms with Crippen molar-refractivity contribution < 1.29 is 9.59 Å². The Labute approximate surface area is 110 Å². The van der Waals surface area contributed by atoms with Crippen LogP contribution in [0.5, 0.6) is 0 Å². The molecule has 2 heterocycles. The highest BCUT2D eigenvalue weighted by atomic mass is 32.1. The van der Waals surface area contributed by atoms with Gasteiger partial charge in [-0.05, 0) is 18.4 Å². The number of primary amides is 1. The number of carbonyl (C=O) groups excluding carboxylic acids is 2. The van der Waals surface area contributed by atoms with Crippen LogP contribution in [-0.2, 0) is 4.79 Å². The van der Waals surface area contributed by atoms with E-state index in [0.717, 1.165) is 4.88 Å². The fourth-order valence-corrected chi connectivity index (χ4v) is 2.74. The molecule has 18 heavy (non-hydrogen) atoms. The molecule has 2 amide bonds. The summed E-state index contributed by atoms with van der Waals surface area (Å²) in [6.45, 7) is 4.49. The van der Waals surface area contributed by atoms with Crippen LogP contribution in [0.1, 0.15) is 16.6 Å². The SMILES string of the molecule is CC(C(N)=O)N1CCN(C(=O)c2cccs2)CC1. The van der Waals surface area contributed by atoms with Crippen LogP contribution in [0.2, 0.25) is 0 Å². The lowest BCUT2D eigenvalue weighted by Crippen LogP contribution is -2.54. The first-order valence-electron chi connectivity index (χ1n) is 5.95. The molecule has 1 fully saturated rings. The molecular formula is C12H17N3O2S. The van der Waals surface area contributed by atoms with Crippen LogP contribution >= 0.6 is 11.3 Å². The number of hydrogen-bond acceptors (Lipinski definition) is 4. The number of nitrogens with two attached hydrogens (primary N) is 1. The monoisotopic (exact) mass is 267 g/mol. The lowest BCUT2D eigenvalue weighted by molar-refractivity contribution is -0.123. The molecule has 0 spiro atoms. The summed E-state index contributed by atoms with van der Waals surface area (Å²) in [7, 11) is 0. The van der Waals surface area contributed by atoms with Crippen molar-refractivity contribution in [2.24, 2.45) is 5.73 Å². The molecule has 0 aromatic carbocycles. The smallest absolute Gasteiger partial charge is 0.264 e. The highest BCUT2D eigenvalue weighted by Gasteiger charge is 2.26. The fraction of sp³-hybridized carbons (Fsp3) is 0.500. The second-order valence-corrected chi connectivity index (χ2v) is 5.33. The van der Waals surface area contributed by atoms with Gasteiger partial charge in [0.2, 0.25) is 5.91 Å². The molecule has 1 aliphatic heterocycles. The number of rotatable bonds is 3. The van der Waals surface area contributed by atoms with Crippen molar-refractivity contribution in [1.29, 1.82) is 0 Å². The summed E-state index contributed by atoms with van der Waals surface area (Å²) >= 11 is 1.46. The molecule has 1 unspecified atom stereocenters. The van der Waals surface area contributed by atoms with E-state index in [0.29, 0.717) is 26.2 Å². The Balaban J connectivity index is 1.91. The van der Waals surface area contributed by atoms with Crippen molar-refractivity contribution in [2.45, 2.75) is 13.0 Å². The molecule has 0 aliphatic carbocycles. The first kappa shape index (κ1) is 13.0. The Kier molecular flexibility index (Phi) is 3.98. The number of carbonyl (C=O) groups is 2. The van der Waals surface area contributed by atoms with Crippen LogP contribution in [-0.4, -0.2) is 53.8 Å². The molecule has 1 aliphatic rings. The molecule has 1 atom stereocenters. The van der Waals surface area contributed by atoms with Crippen LogP contribution in [0.4, 0.5) is 0 Å². The third-order valence-electron chi connectivity index (χ3n) is 3.29. The Morgan fingerprint density at radius 2 is 2.00 bits per heavy atom. The molecule has 5 nitrogen and oxygen atoms in total. The van der Waals surface area contributed by atoms with Gasteiger partial charge in [0.15, 0.2) is 0 Å². The van der Waals surface area contributed by atoms with E-state index in [1.54, 1.807) is 6.92 Å². The molecule has 0 saturated carbocycles. The third kappa shape index (κ3) is 2.70. The van der Waals surface area contributed by atoms with Gasteiger partial charge in [-0.2, -0.15) is 0 Å². The number of amides is 2. The average molecular weight is 267 g/mol. The molecule has 6 heteroatoms. The van der Waals surface area contributed by atoms with Gasteiger partial charge in [-0.25, -0.2) is 0 Å². The zero-order valence-electron chi connectivity index (χ0n) is 10.3. The first-order valence-corrected chi connectivity index (χ1v) is 6.83. The molecule has 0 radical (unpaired) electrons. The Morgan fingerprint density at radius 3 is 2.50 bits per heavy atom. The summed E-state index contributed by atoms with van der Waals surface area (Å²) in [4.78, 5) is 27.8. The summed E-state index contributed by atoms with van der Waals surface area (Å²) in [5, 5.41) is 1.90. The van der Waals surface area contributed by atoms with Gasteiger partial charge in [-0.15, -0.1) is 11.3 Å². The van der Waals surface area contributed by atoms with E-state index in [-0.39, 0.29) is 17.9 Å². The van der Waals surface area contributed by atoms with Crippen molar-refractivity contribution in [3.63, 3.8) is 0 Å². The molecule has 1 saturated heterocycles. The maximum atomic E-state index is 12.1. The van der Waals surface area contributed by atoms with Crippen LogP contribution in [0.3, 0.4) is 0 Å². The fourth-order valence-electron chi connectivity index (χ4n) is 2.05. The largest absolute Gasteiger partial charge is 0.368 e. The standard InChI is InChI=1S/C12H17N3O2S/c1-9(11(13)16)14-4-6-15(7-5-14)12(17)10-3-2-8-18-10/h2-3,8-9H,4-7H2,1H3,(H2,13,16). The second-order valence-electron chi connectivity index (χ2n) is 4.38. The van der Waals surface area contributed by atoms with Gasteiger partial charge in [0, 0.05) is 26.2 Å². The van der Waals surface area contributed by atoms with E-state index in [4.69, 9.17) is 5.73 Å². The van der Waals surface area contributed by atoms with E-state index >= 15 is 0 Å². The van der Waals surface area contributed by atoms with E-state index in [1.165, 1.54) is 11.3 Å². The van der Waals surface area contributed by atoms with E-state index in [2.05, 4.69) is 0 Å². The van der Waals surface area contributed by atoms with Crippen molar-refractivity contribution >= 4 is 23.2 Å². The Bertz CT molecular complexity index is 425. The number of nitrogens with zero attached hydrogens (tertiary/aromatic N) is 2. The third-order valence-corrected chi connectivity index (χ3v) is 4.15. The minimum Gasteiger partial charge on any atom is -0.368 e. The zero-order valence-corrected chi connectivity index (χ0v) is 11.2. The maximum Gasteiger partial charge on any atom is 0.264 e. The highest BCUT2D eigenvalue weighted by Crippen LogP contribution is 2.14. The highest BCUT2D eigenvalue weighted by molar-refractivity contribution is 7.12. The molecule has 0 bridgehead atoms. The molecule has 2 rings (SSSR count). The number of piperazine rings is 1. The van der Waals surface area contributed by atoms with Crippen LogP contribution in [0.25, 0.3) is 0 Å². The van der Waals surface area contributed by atoms with Gasteiger partial charge >= 0.3 is 0 Å². The molecule has 98 valence electrons. The van der Waals surface area contributed by atoms with E-state index in [9.17, 15) is 9.59 Å². The van der Waals surface area contributed by atoms with Gasteiger partial charge in [-0.3, -0.25) is 14.5 Å². The maximum absolute atomic E-state index is 12.1. The van der Waals surface area contributed by atoms with Gasteiger partial charge in [0.1, 0.15) is 0 Å². The first-order chi connectivity index (χ1) is 8.59. The second kappa shape index (κ2) is 5.49. The summed E-state index contributed by atoms with van der Waals surface area (Å²) in [6, 6.07) is 3.46. The lowest BCUT2D eigenvalue weighted by Gasteiger charge is -2.36. The molecule has 1 aromatic rings. The van der Waals surface area contributed by atoms with Gasteiger partial charge in [0.25, 0.3) is 5.91 Å². The predicted octanol–water partition coefficient (Wildman–Crippen LogP) is 0.380. The van der Waals surface area contributed by atoms with Crippen molar-refractivity contribution in [2.75, 3.05) is 26.2 Å². The van der Waals surface area contributed by atoms with Crippen LogP contribution < -0.4 is 5.73 Å². The van der Waals surface area contributed by atoms with Crippen molar-refractivity contribution in [3.8, 4) is 0 Å². The summed E-state index contributed by atoms with van der Waals surface area (Å²) < 4.78 is 0. The normalized spacial score (nSPS) is 18.6. The van der Waals surface area contributed by atoms with Crippen molar-refractivity contribution in [3.05, 3.63) is 22.4 Å². The molecule has 2 N–H and O–H groups in total. The van der Waals surface area contributed by atoms with Gasteiger partial charge in [-0.1, -0.05) is 6.07 Å². The topological polar surface area (TPSA) is 66.6 Å². The van der Waals surface area contributed by atoms with Gasteiger partial charge < -0.3 is 10.6 Å². The minimum atomic E-state index is -0.312. The van der Waals surface area contributed by atoms with Crippen LogP contribution in [0, 0.1) is 0 Å². The van der Waals surface area contributed by atoms with E-state index < -0.39 is 0 Å². The van der Waals surface area contributed by atoms with E-state index in [1.807, 2.05) is 27.3 Å². The average Bonchev–Trinajstić information content (AvgIpc) is 2.91. The number of hydrogen-bond donors (Lipinski definition) is 1. The quantitative estimate of drug-likeness (QED) is 0.861. The predicted molar refractivity (Wildman–Crippen MR) is 70.5 cm³/mol. The Morgan fingerprint density at radius 1 is 1.33 bits per heavy atom. The number of thiophene rings is 1. The Hall–Kier alpha value is -1.40. The minimum absolute atomic E-state index is 0.0800. The molecular weight excluding hydrogens is 250 g/mol. The summed E-state index contributed by atoms with van der Waals surface area (Å²) in [5.41, 5.74) is 5.28. The zero-order chi connectivity index (χ0) is 13.1. The van der Waals surface area contributed by atoms with Crippen LogP contribution in [0.15, 0.2) is 17.5 Å². The van der Waals surface area contributed by atoms with Gasteiger partial charge in [0.05, 0.1) is 10.9 Å². The lowest BCUT2D eigenvalue weighted by atomic mass is 10.2. The van der Waals surface area contributed by atoms with Crippen molar-refractivity contribution in [1.82, 2.24) is 9.80 Å². The summed E-state index contributed by atoms with van der Waals surface area (Å²) in [5.74, 6) is -0.232. The molecule has 1 aromatic heterocycles.